The van der Waals surface area contributed by atoms with E-state index in [1.54, 1.807) is 9.80 Å². The van der Waals surface area contributed by atoms with Crippen molar-refractivity contribution in [2.45, 2.75) is 43.7 Å². The topological polar surface area (TPSA) is 26.0 Å². The average Bonchev–Trinajstić information content (AvgIpc) is 2.99. The zero-order chi connectivity index (χ0) is 15.0. The summed E-state index contributed by atoms with van der Waals surface area (Å²) in [6.45, 7) is 6.46. The van der Waals surface area contributed by atoms with Gasteiger partial charge >= 0.3 is 0 Å². The maximum Gasteiger partial charge on any atom is 0.222 e. The fourth-order valence-electron chi connectivity index (χ4n) is 6.52. The smallest absolute Gasteiger partial charge is 0.222 e. The summed E-state index contributed by atoms with van der Waals surface area (Å²) in [4.78, 5) is 16.9. The summed E-state index contributed by atoms with van der Waals surface area (Å²) < 4.78 is 0. The molecule has 1 aliphatic carbocycles. The second kappa shape index (κ2) is 4.01. The van der Waals surface area contributed by atoms with Crippen LogP contribution in [0, 0.1) is 5.41 Å². The molecular formula is C19H26N2O+2. The van der Waals surface area contributed by atoms with E-state index in [2.05, 4.69) is 37.3 Å². The molecule has 2 atom stereocenters. The first-order valence-electron chi connectivity index (χ1n) is 8.90. The maximum atomic E-state index is 13.4. The predicted octanol–water partition coefficient (Wildman–Crippen LogP) is -0.419. The SMILES string of the molecule is CC12C[NH+]3CC(c4ccccc4)(C[NH+](C1)C31CCCC1)C2=O. The van der Waals surface area contributed by atoms with Crippen LogP contribution in [0.2, 0.25) is 0 Å². The van der Waals surface area contributed by atoms with E-state index in [4.69, 9.17) is 0 Å². The molecule has 2 unspecified atom stereocenters. The van der Waals surface area contributed by atoms with Crippen LogP contribution in [0.4, 0.5) is 0 Å². The molecule has 1 aromatic rings. The van der Waals surface area contributed by atoms with E-state index in [9.17, 15) is 4.79 Å². The van der Waals surface area contributed by atoms with Gasteiger partial charge in [-0.25, -0.2) is 0 Å². The third-order valence-electron chi connectivity index (χ3n) is 7.36. The predicted molar refractivity (Wildman–Crippen MR) is 83.8 cm³/mol. The van der Waals surface area contributed by atoms with E-state index in [-0.39, 0.29) is 10.8 Å². The van der Waals surface area contributed by atoms with E-state index in [0.717, 1.165) is 26.2 Å². The van der Waals surface area contributed by atoms with Crippen LogP contribution in [-0.2, 0) is 10.2 Å². The van der Waals surface area contributed by atoms with Crippen molar-refractivity contribution in [3.8, 4) is 0 Å². The van der Waals surface area contributed by atoms with E-state index in [1.807, 2.05) is 0 Å². The molecule has 1 saturated carbocycles. The molecule has 4 bridgehead atoms. The lowest BCUT2D eigenvalue weighted by molar-refractivity contribution is -1.20. The fourth-order valence-corrected chi connectivity index (χ4v) is 6.52. The second-order valence-corrected chi connectivity index (χ2v) is 8.54. The standard InChI is InChI=1S/C19H24N2O/c1-17-11-20-13-18(16(17)22,15-7-3-2-4-8-15)14-21(12-17)19(20)9-5-6-10-19/h2-4,7-8H,5-6,9-14H2,1H3/p+2. The van der Waals surface area contributed by atoms with E-state index in [1.165, 1.54) is 31.2 Å². The highest BCUT2D eigenvalue weighted by molar-refractivity contribution is 5.96. The Balaban J connectivity index is 1.66. The van der Waals surface area contributed by atoms with Crippen LogP contribution in [0.1, 0.15) is 38.2 Å². The van der Waals surface area contributed by atoms with Gasteiger partial charge in [-0.2, -0.15) is 0 Å². The molecule has 2 N–H and O–H groups in total. The fraction of sp³-hybridized carbons (Fsp3) is 0.632. The van der Waals surface area contributed by atoms with Crippen molar-refractivity contribution in [3.05, 3.63) is 35.9 Å². The van der Waals surface area contributed by atoms with Crippen molar-refractivity contribution in [3.63, 3.8) is 0 Å². The van der Waals surface area contributed by atoms with E-state index >= 15 is 0 Å². The Hall–Kier alpha value is -1.19. The summed E-state index contributed by atoms with van der Waals surface area (Å²) in [7, 11) is 0. The number of hydrogen-bond donors (Lipinski definition) is 2. The van der Waals surface area contributed by atoms with Crippen LogP contribution in [0.25, 0.3) is 0 Å². The van der Waals surface area contributed by atoms with E-state index < -0.39 is 0 Å². The molecule has 3 heteroatoms. The quantitative estimate of drug-likeness (QED) is 0.724. The Morgan fingerprint density at radius 2 is 1.50 bits per heavy atom. The first-order valence-corrected chi connectivity index (χ1v) is 8.90. The number of piperidine rings is 2. The third kappa shape index (κ3) is 1.38. The normalized spacial score (nSPS) is 44.9. The Kier molecular flexibility index (Phi) is 2.42. The summed E-state index contributed by atoms with van der Waals surface area (Å²) in [6.07, 6.45) is 5.51. The first kappa shape index (κ1) is 13.3. The van der Waals surface area contributed by atoms with Gasteiger partial charge in [-0.3, -0.25) is 14.6 Å². The minimum absolute atomic E-state index is 0.106. The first-order chi connectivity index (χ1) is 10.6. The van der Waals surface area contributed by atoms with Gasteiger partial charge in [0.1, 0.15) is 18.5 Å². The van der Waals surface area contributed by atoms with Gasteiger partial charge in [-0.05, 0) is 25.3 Å². The number of hydrogen-bond acceptors (Lipinski definition) is 1. The van der Waals surface area contributed by atoms with Crippen molar-refractivity contribution < 1.29 is 14.6 Å². The number of Topliss-reactive ketones (excluding diaryl/α,β-unsaturated/α-hetero) is 1. The number of ketones is 1. The highest BCUT2D eigenvalue weighted by Crippen LogP contribution is 2.41. The number of carbonyl (C=O) groups is 1. The van der Waals surface area contributed by atoms with Gasteiger partial charge in [0.2, 0.25) is 5.66 Å². The van der Waals surface area contributed by atoms with Crippen LogP contribution in [-0.4, -0.2) is 37.6 Å². The molecule has 4 saturated heterocycles. The summed E-state index contributed by atoms with van der Waals surface area (Å²) >= 11 is 0. The van der Waals surface area contributed by atoms with Gasteiger partial charge in [0.25, 0.3) is 0 Å². The summed E-state index contributed by atoms with van der Waals surface area (Å²) in [6, 6.07) is 10.6. The second-order valence-electron chi connectivity index (χ2n) is 8.54. The number of quaternary nitrogens is 2. The largest absolute Gasteiger partial charge is 0.297 e. The molecular weight excluding hydrogens is 272 g/mol. The van der Waals surface area contributed by atoms with Gasteiger partial charge < -0.3 is 0 Å². The molecule has 3 nitrogen and oxygen atoms in total. The molecule has 4 heterocycles. The van der Waals surface area contributed by atoms with Gasteiger partial charge in [0, 0.05) is 0 Å². The Bertz CT molecular complexity index is 614. The molecule has 4 aliphatic heterocycles. The highest BCUT2D eigenvalue weighted by atomic mass is 16.1. The molecule has 5 aliphatic rings. The third-order valence-corrected chi connectivity index (χ3v) is 7.36. The number of benzene rings is 1. The molecule has 0 amide bonds. The van der Waals surface area contributed by atoms with Crippen molar-refractivity contribution in [2.75, 3.05) is 26.2 Å². The lowest BCUT2D eigenvalue weighted by Gasteiger charge is -2.63. The van der Waals surface area contributed by atoms with Gasteiger partial charge in [0.15, 0.2) is 11.2 Å². The minimum atomic E-state index is -0.217. The molecule has 22 heavy (non-hydrogen) atoms. The molecule has 6 rings (SSSR count). The number of rotatable bonds is 1. The molecule has 1 spiro atoms. The highest BCUT2D eigenvalue weighted by Gasteiger charge is 2.75. The van der Waals surface area contributed by atoms with Crippen LogP contribution in [0.5, 0.6) is 0 Å². The van der Waals surface area contributed by atoms with Crippen molar-refractivity contribution in [2.24, 2.45) is 5.41 Å². The van der Waals surface area contributed by atoms with Crippen LogP contribution in [0.3, 0.4) is 0 Å². The minimum Gasteiger partial charge on any atom is -0.297 e. The van der Waals surface area contributed by atoms with E-state index in [0.29, 0.717) is 11.4 Å². The monoisotopic (exact) mass is 298 g/mol. The Labute approximate surface area is 132 Å². The van der Waals surface area contributed by atoms with Crippen molar-refractivity contribution in [1.29, 1.82) is 0 Å². The Morgan fingerprint density at radius 3 is 2.09 bits per heavy atom. The van der Waals surface area contributed by atoms with Gasteiger partial charge in [0.05, 0.1) is 25.9 Å². The van der Waals surface area contributed by atoms with Crippen LogP contribution in [0.15, 0.2) is 30.3 Å². The summed E-state index contributed by atoms with van der Waals surface area (Å²) in [5, 5.41) is 0. The summed E-state index contributed by atoms with van der Waals surface area (Å²) in [5.41, 5.74) is 1.39. The van der Waals surface area contributed by atoms with Gasteiger partial charge in [-0.1, -0.05) is 30.3 Å². The lowest BCUT2D eigenvalue weighted by atomic mass is 9.57. The Morgan fingerprint density at radius 1 is 0.909 bits per heavy atom. The average molecular weight is 298 g/mol. The molecule has 1 aromatic carbocycles. The van der Waals surface area contributed by atoms with Crippen molar-refractivity contribution in [1.82, 2.24) is 0 Å². The molecule has 0 radical (unpaired) electrons. The van der Waals surface area contributed by atoms with Crippen molar-refractivity contribution >= 4 is 5.78 Å². The zero-order valence-electron chi connectivity index (χ0n) is 13.5. The number of carbonyl (C=O) groups excluding carboxylic acids is 1. The number of nitrogens with one attached hydrogen (secondary N) is 2. The zero-order valence-corrected chi connectivity index (χ0v) is 13.5. The molecule has 5 fully saturated rings. The maximum absolute atomic E-state index is 13.4. The lowest BCUT2D eigenvalue weighted by Crippen LogP contribution is -3.49. The van der Waals surface area contributed by atoms with Gasteiger partial charge in [-0.15, -0.1) is 0 Å². The molecule has 0 aromatic heterocycles. The summed E-state index contributed by atoms with van der Waals surface area (Å²) in [5.74, 6) is 0.534. The van der Waals surface area contributed by atoms with Crippen LogP contribution >= 0.6 is 0 Å². The molecule has 116 valence electrons. The van der Waals surface area contributed by atoms with Crippen LogP contribution < -0.4 is 9.80 Å².